The summed E-state index contributed by atoms with van der Waals surface area (Å²) in [7, 11) is 0. The molecule has 0 spiro atoms. The molecule has 0 fully saturated rings. The maximum absolute atomic E-state index is 5.71. The summed E-state index contributed by atoms with van der Waals surface area (Å²) in [6.07, 6.45) is 3.27. The van der Waals surface area contributed by atoms with E-state index in [4.69, 9.17) is 10.5 Å². The molecular weight excluding hydrogens is 228 g/mol. The van der Waals surface area contributed by atoms with Gasteiger partial charge in [-0.05, 0) is 6.07 Å². The average molecular weight is 242 g/mol. The third-order valence-electron chi connectivity index (χ3n) is 2.92. The molecule has 92 valence electrons. The molecule has 0 aliphatic carbocycles. The third kappa shape index (κ3) is 2.07. The number of nitrogens with two attached hydrogens (primary N) is 1. The molecule has 5 nitrogen and oxygen atoms in total. The van der Waals surface area contributed by atoms with Crippen LogP contribution in [0.5, 0.6) is 5.75 Å². The summed E-state index contributed by atoms with van der Waals surface area (Å²) in [5.74, 6) is 2.16. The summed E-state index contributed by atoms with van der Waals surface area (Å²) in [5.41, 5.74) is 6.82. The van der Waals surface area contributed by atoms with Gasteiger partial charge in [0.05, 0.1) is 18.9 Å². The number of nitrogens with zero attached hydrogens (tertiary/aromatic N) is 3. The number of ether oxygens (including phenoxy) is 1. The lowest BCUT2D eigenvalue weighted by Crippen LogP contribution is -2.26. The van der Waals surface area contributed by atoms with Gasteiger partial charge in [0.1, 0.15) is 24.0 Å². The van der Waals surface area contributed by atoms with Crippen molar-refractivity contribution in [1.82, 2.24) is 9.97 Å². The molecule has 0 radical (unpaired) electrons. The molecule has 0 saturated carbocycles. The van der Waals surface area contributed by atoms with Crippen molar-refractivity contribution in [3.05, 3.63) is 42.2 Å². The normalized spacial score (nSPS) is 14.6. The molecule has 1 aliphatic heterocycles. The zero-order valence-electron chi connectivity index (χ0n) is 9.91. The largest absolute Gasteiger partial charge is 0.491 e. The van der Waals surface area contributed by atoms with Crippen molar-refractivity contribution < 1.29 is 4.74 Å². The van der Waals surface area contributed by atoms with Gasteiger partial charge in [-0.2, -0.15) is 0 Å². The van der Waals surface area contributed by atoms with Crippen LogP contribution in [-0.2, 0) is 6.54 Å². The number of aromatic nitrogens is 2. The highest BCUT2D eigenvalue weighted by molar-refractivity contribution is 5.45. The SMILES string of the molecule is Nc1cncc(N2CCOc3ccccc3C2)n1. The van der Waals surface area contributed by atoms with Gasteiger partial charge in [-0.25, -0.2) is 4.98 Å². The first-order chi connectivity index (χ1) is 8.83. The summed E-state index contributed by atoms with van der Waals surface area (Å²) in [4.78, 5) is 10.5. The molecule has 1 aromatic heterocycles. The lowest BCUT2D eigenvalue weighted by Gasteiger charge is -2.20. The third-order valence-corrected chi connectivity index (χ3v) is 2.92. The zero-order chi connectivity index (χ0) is 12.4. The highest BCUT2D eigenvalue weighted by atomic mass is 16.5. The molecule has 0 saturated heterocycles. The minimum atomic E-state index is 0.436. The standard InChI is InChI=1S/C13H14N4O/c14-12-7-15-8-13(16-12)17-5-6-18-11-4-2-1-3-10(11)9-17/h1-4,7-8H,5-6,9H2,(H2,14,16). The molecule has 2 N–H and O–H groups in total. The Kier molecular flexibility index (Phi) is 2.72. The Labute approximate surface area is 105 Å². The fourth-order valence-corrected chi connectivity index (χ4v) is 2.04. The minimum absolute atomic E-state index is 0.436. The Hall–Kier alpha value is -2.30. The van der Waals surface area contributed by atoms with E-state index in [0.717, 1.165) is 30.2 Å². The molecule has 0 unspecified atom stereocenters. The Balaban J connectivity index is 1.91. The first-order valence-corrected chi connectivity index (χ1v) is 5.86. The molecular formula is C13H14N4O. The molecule has 1 aromatic carbocycles. The first kappa shape index (κ1) is 10.8. The molecule has 5 heteroatoms. The number of nitrogen functional groups attached to an aromatic ring is 1. The number of benzene rings is 1. The second-order valence-electron chi connectivity index (χ2n) is 4.18. The van der Waals surface area contributed by atoms with E-state index in [-0.39, 0.29) is 0 Å². The highest BCUT2D eigenvalue weighted by Gasteiger charge is 2.16. The van der Waals surface area contributed by atoms with Crippen molar-refractivity contribution in [3.8, 4) is 5.75 Å². The average Bonchev–Trinajstić information content (AvgIpc) is 2.60. The van der Waals surface area contributed by atoms with Crippen LogP contribution in [0.15, 0.2) is 36.7 Å². The highest BCUT2D eigenvalue weighted by Crippen LogP contribution is 2.24. The van der Waals surface area contributed by atoms with Crippen molar-refractivity contribution in [2.45, 2.75) is 6.54 Å². The monoisotopic (exact) mass is 242 g/mol. The number of para-hydroxylation sites is 1. The van der Waals surface area contributed by atoms with E-state index in [0.29, 0.717) is 12.4 Å². The summed E-state index contributed by atoms with van der Waals surface area (Å²) < 4.78 is 5.71. The molecule has 1 aliphatic rings. The summed E-state index contributed by atoms with van der Waals surface area (Å²) in [6.45, 7) is 2.16. The Morgan fingerprint density at radius 1 is 1.22 bits per heavy atom. The lowest BCUT2D eigenvalue weighted by atomic mass is 10.2. The fourth-order valence-electron chi connectivity index (χ4n) is 2.04. The van der Waals surface area contributed by atoms with Gasteiger partial charge in [-0.1, -0.05) is 18.2 Å². The van der Waals surface area contributed by atoms with Gasteiger partial charge in [0.25, 0.3) is 0 Å². The van der Waals surface area contributed by atoms with Crippen LogP contribution in [0.4, 0.5) is 11.6 Å². The first-order valence-electron chi connectivity index (χ1n) is 5.86. The van der Waals surface area contributed by atoms with Crippen molar-refractivity contribution in [1.29, 1.82) is 0 Å². The van der Waals surface area contributed by atoms with Crippen LogP contribution in [0.2, 0.25) is 0 Å². The quantitative estimate of drug-likeness (QED) is 0.820. The van der Waals surface area contributed by atoms with Gasteiger partial charge >= 0.3 is 0 Å². The van der Waals surface area contributed by atoms with Crippen LogP contribution >= 0.6 is 0 Å². The van der Waals surface area contributed by atoms with Crippen molar-refractivity contribution in [2.24, 2.45) is 0 Å². The van der Waals surface area contributed by atoms with Crippen LogP contribution in [-0.4, -0.2) is 23.1 Å². The van der Waals surface area contributed by atoms with Gasteiger partial charge in [-0.15, -0.1) is 0 Å². The van der Waals surface area contributed by atoms with E-state index < -0.39 is 0 Å². The summed E-state index contributed by atoms with van der Waals surface area (Å²) in [6, 6.07) is 8.04. The smallest absolute Gasteiger partial charge is 0.149 e. The van der Waals surface area contributed by atoms with E-state index in [1.54, 1.807) is 12.4 Å². The van der Waals surface area contributed by atoms with E-state index >= 15 is 0 Å². The number of hydrogen-bond donors (Lipinski definition) is 1. The summed E-state index contributed by atoms with van der Waals surface area (Å²) in [5, 5.41) is 0. The predicted molar refractivity (Wildman–Crippen MR) is 69.4 cm³/mol. The molecule has 0 bridgehead atoms. The van der Waals surface area contributed by atoms with Crippen molar-refractivity contribution in [3.63, 3.8) is 0 Å². The minimum Gasteiger partial charge on any atom is -0.491 e. The summed E-state index contributed by atoms with van der Waals surface area (Å²) >= 11 is 0. The van der Waals surface area contributed by atoms with E-state index in [1.807, 2.05) is 18.2 Å². The maximum Gasteiger partial charge on any atom is 0.149 e. The predicted octanol–water partition coefficient (Wildman–Crippen LogP) is 1.46. The molecule has 18 heavy (non-hydrogen) atoms. The molecule has 0 atom stereocenters. The Bertz CT molecular complexity index is 558. The van der Waals surface area contributed by atoms with Crippen LogP contribution in [0.3, 0.4) is 0 Å². The van der Waals surface area contributed by atoms with E-state index in [1.165, 1.54) is 0 Å². The van der Waals surface area contributed by atoms with Crippen molar-refractivity contribution >= 4 is 11.6 Å². The number of fused-ring (bicyclic) bond motifs is 1. The van der Waals surface area contributed by atoms with E-state index in [2.05, 4.69) is 20.9 Å². The number of hydrogen-bond acceptors (Lipinski definition) is 5. The van der Waals surface area contributed by atoms with Crippen LogP contribution in [0.25, 0.3) is 0 Å². The topological polar surface area (TPSA) is 64.3 Å². The van der Waals surface area contributed by atoms with Crippen LogP contribution < -0.4 is 15.4 Å². The van der Waals surface area contributed by atoms with Crippen LogP contribution in [0, 0.1) is 0 Å². The van der Waals surface area contributed by atoms with Crippen LogP contribution in [0.1, 0.15) is 5.56 Å². The van der Waals surface area contributed by atoms with Gasteiger partial charge in [0.15, 0.2) is 0 Å². The molecule has 2 aromatic rings. The van der Waals surface area contributed by atoms with Crippen molar-refractivity contribution in [2.75, 3.05) is 23.8 Å². The van der Waals surface area contributed by atoms with Gasteiger partial charge in [0, 0.05) is 12.1 Å². The Morgan fingerprint density at radius 2 is 2.11 bits per heavy atom. The number of anilines is 2. The zero-order valence-corrected chi connectivity index (χ0v) is 9.91. The second kappa shape index (κ2) is 4.52. The molecule has 3 rings (SSSR count). The molecule has 0 amide bonds. The Morgan fingerprint density at radius 3 is 3.00 bits per heavy atom. The maximum atomic E-state index is 5.71. The number of rotatable bonds is 1. The lowest BCUT2D eigenvalue weighted by molar-refractivity contribution is 0.331. The van der Waals surface area contributed by atoms with Gasteiger partial charge in [-0.3, -0.25) is 4.98 Å². The van der Waals surface area contributed by atoms with Gasteiger partial charge < -0.3 is 15.4 Å². The molecule has 2 heterocycles. The second-order valence-corrected chi connectivity index (χ2v) is 4.18. The van der Waals surface area contributed by atoms with E-state index in [9.17, 15) is 0 Å². The fraction of sp³-hybridized carbons (Fsp3) is 0.231. The van der Waals surface area contributed by atoms with Gasteiger partial charge in [0.2, 0.25) is 0 Å².